The molecular weight excluding hydrogens is 243 g/mol. The lowest BCUT2D eigenvalue weighted by atomic mass is 10.1. The number of anilines is 1. The van der Waals surface area contributed by atoms with Crippen LogP contribution < -0.4 is 4.90 Å². The highest BCUT2D eigenvalue weighted by molar-refractivity contribution is 5.52. The lowest BCUT2D eigenvalue weighted by Crippen LogP contribution is -2.37. The molecule has 0 unspecified atom stereocenters. The maximum absolute atomic E-state index is 14.1. The Morgan fingerprint density at radius 2 is 2.05 bits per heavy atom. The molecule has 0 aliphatic rings. The third kappa shape index (κ3) is 3.93. The van der Waals surface area contributed by atoms with Gasteiger partial charge in [0.2, 0.25) is 0 Å². The number of rotatable bonds is 7. The maximum Gasteiger partial charge on any atom is 0.147 e. The van der Waals surface area contributed by atoms with E-state index >= 15 is 0 Å². The zero-order valence-electron chi connectivity index (χ0n) is 11.8. The van der Waals surface area contributed by atoms with Crippen LogP contribution >= 0.6 is 0 Å². The van der Waals surface area contributed by atoms with Gasteiger partial charge in [-0.3, -0.25) is 0 Å². The molecule has 0 aliphatic carbocycles. The van der Waals surface area contributed by atoms with E-state index in [1.807, 2.05) is 11.0 Å². The first-order valence-corrected chi connectivity index (χ1v) is 6.63. The Bertz CT molecular complexity index is 438. The Morgan fingerprint density at radius 1 is 1.37 bits per heavy atom. The van der Waals surface area contributed by atoms with Gasteiger partial charge in [0.15, 0.2) is 0 Å². The first kappa shape index (κ1) is 15.5. The van der Waals surface area contributed by atoms with Crippen molar-refractivity contribution in [2.75, 3.05) is 25.2 Å². The Kier molecular flexibility index (Phi) is 6.31. The standard InChI is InChI=1S/C15H21FN2O/c1-4-13(5-2)18(8-9-19-3)15-7-6-12(11-17)10-14(15)16/h6-7,10,13H,4-5,8-9H2,1-3H3. The van der Waals surface area contributed by atoms with Crippen LogP contribution in [0.1, 0.15) is 32.3 Å². The van der Waals surface area contributed by atoms with E-state index in [9.17, 15) is 4.39 Å². The lowest BCUT2D eigenvalue weighted by molar-refractivity contribution is 0.202. The monoisotopic (exact) mass is 264 g/mol. The molecule has 19 heavy (non-hydrogen) atoms. The number of hydrogen-bond donors (Lipinski definition) is 0. The summed E-state index contributed by atoms with van der Waals surface area (Å²) in [5.41, 5.74) is 0.891. The third-order valence-corrected chi connectivity index (χ3v) is 3.31. The molecule has 4 heteroatoms. The van der Waals surface area contributed by atoms with Crippen molar-refractivity contribution in [3.05, 3.63) is 29.6 Å². The highest BCUT2D eigenvalue weighted by atomic mass is 19.1. The van der Waals surface area contributed by atoms with Crippen molar-refractivity contribution in [3.8, 4) is 6.07 Å². The van der Waals surface area contributed by atoms with Gasteiger partial charge in [-0.05, 0) is 31.0 Å². The van der Waals surface area contributed by atoms with E-state index in [0.29, 0.717) is 24.4 Å². The largest absolute Gasteiger partial charge is 0.383 e. The Labute approximate surface area is 114 Å². The summed E-state index contributed by atoms with van der Waals surface area (Å²) < 4.78 is 19.2. The Balaban J connectivity index is 3.06. The van der Waals surface area contributed by atoms with Gasteiger partial charge in [0, 0.05) is 19.7 Å². The van der Waals surface area contributed by atoms with Crippen molar-refractivity contribution in [1.82, 2.24) is 0 Å². The van der Waals surface area contributed by atoms with E-state index in [-0.39, 0.29) is 11.9 Å². The van der Waals surface area contributed by atoms with Crippen molar-refractivity contribution in [2.45, 2.75) is 32.7 Å². The van der Waals surface area contributed by atoms with Crippen molar-refractivity contribution >= 4 is 5.69 Å². The van der Waals surface area contributed by atoms with Gasteiger partial charge in [-0.15, -0.1) is 0 Å². The van der Waals surface area contributed by atoms with Gasteiger partial charge >= 0.3 is 0 Å². The summed E-state index contributed by atoms with van der Waals surface area (Å²) in [5.74, 6) is -0.345. The predicted molar refractivity (Wildman–Crippen MR) is 74.7 cm³/mol. The Hall–Kier alpha value is -1.60. The predicted octanol–water partition coefficient (Wildman–Crippen LogP) is 3.34. The van der Waals surface area contributed by atoms with Gasteiger partial charge in [-0.25, -0.2) is 4.39 Å². The molecular formula is C15H21FN2O. The van der Waals surface area contributed by atoms with Crippen LogP contribution in [0.25, 0.3) is 0 Å². The number of hydrogen-bond acceptors (Lipinski definition) is 3. The highest BCUT2D eigenvalue weighted by Crippen LogP contribution is 2.24. The summed E-state index contributed by atoms with van der Waals surface area (Å²) in [6, 6.07) is 6.85. The van der Waals surface area contributed by atoms with Crippen molar-refractivity contribution in [3.63, 3.8) is 0 Å². The maximum atomic E-state index is 14.1. The molecule has 0 saturated heterocycles. The highest BCUT2D eigenvalue weighted by Gasteiger charge is 2.18. The lowest BCUT2D eigenvalue weighted by Gasteiger charge is -2.32. The number of ether oxygens (including phenoxy) is 1. The fraction of sp³-hybridized carbons (Fsp3) is 0.533. The fourth-order valence-corrected chi connectivity index (χ4v) is 2.23. The number of benzene rings is 1. The molecule has 104 valence electrons. The Morgan fingerprint density at radius 3 is 2.53 bits per heavy atom. The van der Waals surface area contributed by atoms with Crippen LogP contribution in [0.3, 0.4) is 0 Å². The molecule has 1 rings (SSSR count). The van der Waals surface area contributed by atoms with Crippen LogP contribution in [0.2, 0.25) is 0 Å². The van der Waals surface area contributed by atoms with Gasteiger partial charge in [0.1, 0.15) is 5.82 Å². The van der Waals surface area contributed by atoms with Gasteiger partial charge in [0.25, 0.3) is 0 Å². The van der Waals surface area contributed by atoms with E-state index < -0.39 is 0 Å². The van der Waals surface area contributed by atoms with Crippen molar-refractivity contribution < 1.29 is 9.13 Å². The summed E-state index contributed by atoms with van der Waals surface area (Å²) >= 11 is 0. The smallest absolute Gasteiger partial charge is 0.147 e. The second-order valence-electron chi connectivity index (χ2n) is 4.43. The first-order valence-electron chi connectivity index (χ1n) is 6.63. The van der Waals surface area contributed by atoms with Gasteiger partial charge in [-0.1, -0.05) is 13.8 Å². The summed E-state index contributed by atoms with van der Waals surface area (Å²) in [6.07, 6.45) is 1.89. The van der Waals surface area contributed by atoms with Gasteiger partial charge in [0.05, 0.1) is 23.9 Å². The van der Waals surface area contributed by atoms with Crippen LogP contribution in [0, 0.1) is 17.1 Å². The molecule has 3 nitrogen and oxygen atoms in total. The molecule has 0 saturated carbocycles. The van der Waals surface area contributed by atoms with Gasteiger partial charge in [-0.2, -0.15) is 5.26 Å². The van der Waals surface area contributed by atoms with E-state index in [4.69, 9.17) is 10.00 Å². The molecule has 1 aromatic carbocycles. The van der Waals surface area contributed by atoms with Gasteiger partial charge < -0.3 is 9.64 Å². The van der Waals surface area contributed by atoms with Crippen LogP contribution in [0.4, 0.5) is 10.1 Å². The van der Waals surface area contributed by atoms with E-state index in [1.165, 1.54) is 6.07 Å². The summed E-state index contributed by atoms with van der Waals surface area (Å²) in [4.78, 5) is 2.03. The third-order valence-electron chi connectivity index (χ3n) is 3.31. The van der Waals surface area contributed by atoms with E-state index in [1.54, 1.807) is 19.2 Å². The number of methoxy groups -OCH3 is 1. The summed E-state index contributed by atoms with van der Waals surface area (Å²) in [7, 11) is 1.64. The van der Waals surface area contributed by atoms with E-state index in [0.717, 1.165) is 12.8 Å². The topological polar surface area (TPSA) is 36.3 Å². The first-order chi connectivity index (χ1) is 9.17. The number of halogens is 1. The average molecular weight is 264 g/mol. The normalized spacial score (nSPS) is 10.5. The zero-order valence-corrected chi connectivity index (χ0v) is 11.8. The molecule has 0 spiro atoms. The van der Waals surface area contributed by atoms with Crippen molar-refractivity contribution in [2.24, 2.45) is 0 Å². The minimum absolute atomic E-state index is 0.276. The van der Waals surface area contributed by atoms with Crippen molar-refractivity contribution in [1.29, 1.82) is 5.26 Å². The molecule has 0 amide bonds. The molecule has 0 aromatic heterocycles. The fourth-order valence-electron chi connectivity index (χ4n) is 2.23. The number of nitriles is 1. The van der Waals surface area contributed by atoms with Crippen LogP contribution in [-0.4, -0.2) is 26.3 Å². The molecule has 0 aliphatic heterocycles. The van der Waals surface area contributed by atoms with E-state index in [2.05, 4.69) is 13.8 Å². The molecule has 0 radical (unpaired) electrons. The van der Waals surface area contributed by atoms with Crippen LogP contribution in [0.15, 0.2) is 18.2 Å². The quantitative estimate of drug-likeness (QED) is 0.758. The summed E-state index contributed by atoms with van der Waals surface area (Å²) in [5, 5.41) is 8.78. The minimum Gasteiger partial charge on any atom is -0.383 e. The summed E-state index contributed by atoms with van der Waals surface area (Å²) in [6.45, 7) is 5.38. The molecule has 1 aromatic rings. The molecule has 0 atom stereocenters. The molecule has 0 N–H and O–H groups in total. The second-order valence-corrected chi connectivity index (χ2v) is 4.43. The minimum atomic E-state index is -0.345. The number of nitrogens with zero attached hydrogens (tertiary/aromatic N) is 2. The van der Waals surface area contributed by atoms with Crippen LogP contribution in [-0.2, 0) is 4.74 Å². The second kappa shape index (κ2) is 7.75. The zero-order chi connectivity index (χ0) is 14.3. The SMILES string of the molecule is CCC(CC)N(CCOC)c1ccc(C#N)cc1F. The average Bonchev–Trinajstić information content (AvgIpc) is 2.44. The molecule has 0 heterocycles. The van der Waals surface area contributed by atoms with Crippen LogP contribution in [0.5, 0.6) is 0 Å². The molecule has 0 fully saturated rings. The molecule has 0 bridgehead atoms.